The Bertz CT molecular complexity index is 1170. The van der Waals surface area contributed by atoms with Gasteiger partial charge in [0.25, 0.3) is 5.91 Å². The lowest BCUT2D eigenvalue weighted by atomic mass is 10.1. The molecule has 1 saturated heterocycles. The Morgan fingerprint density at radius 1 is 1.10 bits per heavy atom. The number of rotatable bonds is 3. The van der Waals surface area contributed by atoms with Gasteiger partial charge in [-0.25, -0.2) is 9.97 Å². The third kappa shape index (κ3) is 3.62. The van der Waals surface area contributed by atoms with E-state index < -0.39 is 0 Å². The molecule has 2 aromatic heterocycles. The zero-order valence-electron chi connectivity index (χ0n) is 17.0. The first-order valence-corrected chi connectivity index (χ1v) is 11.3. The van der Waals surface area contributed by atoms with E-state index in [0.29, 0.717) is 34.8 Å². The number of nitrogens with two attached hydrogens (primary N) is 1. The molecular formula is C23H22N6OS. The second kappa shape index (κ2) is 8.00. The number of aromatic nitrogens is 2. The molecule has 2 aliphatic rings. The van der Waals surface area contributed by atoms with E-state index in [0.717, 1.165) is 35.2 Å². The van der Waals surface area contributed by atoms with Gasteiger partial charge in [0.05, 0.1) is 16.9 Å². The van der Waals surface area contributed by atoms with Crippen molar-refractivity contribution in [1.29, 1.82) is 5.26 Å². The summed E-state index contributed by atoms with van der Waals surface area (Å²) in [5, 5.41) is 9.90. The predicted octanol–water partition coefficient (Wildman–Crippen LogP) is 3.85. The van der Waals surface area contributed by atoms with Gasteiger partial charge in [0.15, 0.2) is 0 Å². The van der Waals surface area contributed by atoms with E-state index in [4.69, 9.17) is 16.0 Å². The highest BCUT2D eigenvalue weighted by Gasteiger charge is 2.30. The summed E-state index contributed by atoms with van der Waals surface area (Å²) in [5.41, 5.74) is 9.21. The van der Waals surface area contributed by atoms with E-state index in [1.54, 1.807) is 23.1 Å². The van der Waals surface area contributed by atoms with E-state index in [1.165, 1.54) is 30.6 Å². The fraction of sp³-hybridized carbons (Fsp3) is 0.304. The summed E-state index contributed by atoms with van der Waals surface area (Å²) in [4.78, 5) is 27.2. The molecular weight excluding hydrogens is 408 g/mol. The predicted molar refractivity (Wildman–Crippen MR) is 122 cm³/mol. The van der Waals surface area contributed by atoms with E-state index >= 15 is 0 Å². The number of anilines is 3. The van der Waals surface area contributed by atoms with Gasteiger partial charge in [0.2, 0.25) is 0 Å². The smallest absolute Gasteiger partial charge is 0.270 e. The molecule has 5 rings (SSSR count). The number of piperidine rings is 1. The minimum atomic E-state index is -0.0768. The number of carbonyl (C=O) groups excluding carboxylic acids is 1. The van der Waals surface area contributed by atoms with E-state index in [-0.39, 0.29) is 5.91 Å². The van der Waals surface area contributed by atoms with Gasteiger partial charge in [-0.1, -0.05) is 0 Å². The van der Waals surface area contributed by atoms with Crippen molar-refractivity contribution < 1.29 is 4.79 Å². The maximum atomic E-state index is 13.2. The number of thiazole rings is 1. The number of fused-ring (bicyclic) bond motifs is 1. The van der Waals surface area contributed by atoms with Crippen LogP contribution in [0, 0.1) is 11.3 Å². The van der Waals surface area contributed by atoms with Crippen molar-refractivity contribution in [2.24, 2.45) is 0 Å². The third-order valence-corrected chi connectivity index (χ3v) is 6.99. The fourth-order valence-electron chi connectivity index (χ4n) is 4.14. The van der Waals surface area contributed by atoms with Crippen LogP contribution < -0.4 is 15.5 Å². The number of benzene rings is 1. The zero-order chi connectivity index (χ0) is 21.4. The Labute approximate surface area is 184 Å². The van der Waals surface area contributed by atoms with Crippen LogP contribution in [0.4, 0.5) is 17.2 Å². The first kappa shape index (κ1) is 19.5. The first-order chi connectivity index (χ1) is 15.1. The van der Waals surface area contributed by atoms with Crippen LogP contribution >= 0.6 is 11.3 Å². The Balaban J connectivity index is 1.39. The molecule has 31 heavy (non-hydrogen) atoms. The lowest BCUT2D eigenvalue weighted by Crippen LogP contribution is -2.37. The second-order valence-electron chi connectivity index (χ2n) is 7.84. The molecule has 0 saturated carbocycles. The molecule has 0 unspecified atom stereocenters. The molecule has 156 valence electrons. The third-order valence-electron chi connectivity index (χ3n) is 5.85. The van der Waals surface area contributed by atoms with Gasteiger partial charge in [-0.3, -0.25) is 4.79 Å². The normalized spacial score (nSPS) is 16.2. The van der Waals surface area contributed by atoms with Crippen molar-refractivity contribution in [1.82, 2.24) is 9.97 Å². The first-order valence-electron chi connectivity index (χ1n) is 10.5. The highest BCUT2D eigenvalue weighted by molar-refractivity contribution is 7.17. The molecule has 3 aromatic rings. The number of hydrogen-bond donors (Lipinski definition) is 1. The van der Waals surface area contributed by atoms with Gasteiger partial charge in [-0.15, -0.1) is 11.3 Å². The van der Waals surface area contributed by atoms with Crippen LogP contribution in [0.2, 0.25) is 0 Å². The van der Waals surface area contributed by atoms with E-state index in [1.807, 2.05) is 12.3 Å². The number of nitriles is 1. The summed E-state index contributed by atoms with van der Waals surface area (Å²) in [7, 11) is 0. The van der Waals surface area contributed by atoms with Gasteiger partial charge in [-0.05, 0) is 49.6 Å². The summed E-state index contributed by atoms with van der Waals surface area (Å²) < 4.78 is 0. The second-order valence-corrected chi connectivity index (χ2v) is 8.84. The van der Waals surface area contributed by atoms with E-state index in [2.05, 4.69) is 22.0 Å². The number of pyridine rings is 1. The van der Waals surface area contributed by atoms with Gasteiger partial charge < -0.3 is 15.5 Å². The molecule has 7 nitrogen and oxygen atoms in total. The molecule has 0 aliphatic carbocycles. The quantitative estimate of drug-likeness (QED) is 0.634. The molecule has 0 spiro atoms. The monoisotopic (exact) mass is 430 g/mol. The molecule has 0 atom stereocenters. The number of nitrogen functional groups attached to an aromatic ring is 1. The topological polar surface area (TPSA) is 99.1 Å². The summed E-state index contributed by atoms with van der Waals surface area (Å²) in [6.45, 7) is 2.65. The fourth-order valence-corrected chi connectivity index (χ4v) is 5.19. The molecule has 1 amide bonds. The summed E-state index contributed by atoms with van der Waals surface area (Å²) >= 11 is 1.41. The van der Waals surface area contributed by atoms with Crippen LogP contribution in [0.25, 0.3) is 10.6 Å². The highest BCUT2D eigenvalue weighted by Crippen LogP contribution is 2.34. The standard InChI is InChI=1S/C23H22N6OS/c24-13-15-4-6-17(12-18(15)25)29-11-8-19-21(23(29)30)31-22(27-19)16-5-7-20(26-14-16)28-9-2-1-3-10-28/h4-7,12,14H,1-3,8-11,25H2. The molecule has 0 bridgehead atoms. The molecule has 0 radical (unpaired) electrons. The van der Waals surface area contributed by atoms with Crippen LogP contribution in [-0.4, -0.2) is 35.5 Å². The van der Waals surface area contributed by atoms with E-state index in [9.17, 15) is 4.79 Å². The van der Waals surface area contributed by atoms with Gasteiger partial charge >= 0.3 is 0 Å². The Morgan fingerprint density at radius 2 is 1.94 bits per heavy atom. The zero-order valence-corrected chi connectivity index (χ0v) is 17.9. The van der Waals surface area contributed by atoms with Crippen LogP contribution in [0.3, 0.4) is 0 Å². The van der Waals surface area contributed by atoms with Crippen LogP contribution in [0.15, 0.2) is 36.5 Å². The lowest BCUT2D eigenvalue weighted by Gasteiger charge is -2.27. The minimum absolute atomic E-state index is 0.0768. The van der Waals surface area contributed by atoms with Crippen molar-refractivity contribution in [2.45, 2.75) is 25.7 Å². The van der Waals surface area contributed by atoms with Crippen molar-refractivity contribution in [3.8, 4) is 16.6 Å². The average Bonchev–Trinajstić information content (AvgIpc) is 3.25. The minimum Gasteiger partial charge on any atom is -0.398 e. The molecule has 1 fully saturated rings. The summed E-state index contributed by atoms with van der Waals surface area (Å²) in [5.74, 6) is 0.928. The number of hydrogen-bond acceptors (Lipinski definition) is 7. The highest BCUT2D eigenvalue weighted by atomic mass is 32.1. The number of nitrogens with zero attached hydrogens (tertiary/aromatic N) is 5. The molecule has 2 N–H and O–H groups in total. The molecule has 4 heterocycles. The molecule has 1 aromatic carbocycles. The largest absolute Gasteiger partial charge is 0.398 e. The van der Waals surface area contributed by atoms with Crippen molar-refractivity contribution in [2.75, 3.05) is 35.2 Å². The number of carbonyl (C=O) groups is 1. The maximum Gasteiger partial charge on any atom is 0.270 e. The lowest BCUT2D eigenvalue weighted by molar-refractivity contribution is 0.0984. The van der Waals surface area contributed by atoms with Crippen molar-refractivity contribution in [3.05, 3.63) is 52.7 Å². The summed E-state index contributed by atoms with van der Waals surface area (Å²) in [6, 6.07) is 11.3. The van der Waals surface area contributed by atoms with Crippen molar-refractivity contribution in [3.63, 3.8) is 0 Å². The van der Waals surface area contributed by atoms with Gasteiger partial charge in [0, 0.05) is 43.5 Å². The van der Waals surface area contributed by atoms with Gasteiger partial charge in [0.1, 0.15) is 21.8 Å². The van der Waals surface area contributed by atoms with Crippen LogP contribution in [0.5, 0.6) is 0 Å². The Hall–Kier alpha value is -3.44. The summed E-state index contributed by atoms with van der Waals surface area (Å²) in [6.07, 6.45) is 6.26. The number of amides is 1. The molecule has 2 aliphatic heterocycles. The van der Waals surface area contributed by atoms with Crippen LogP contribution in [0.1, 0.15) is 40.2 Å². The van der Waals surface area contributed by atoms with Gasteiger partial charge in [-0.2, -0.15) is 5.26 Å². The molecule has 8 heteroatoms. The average molecular weight is 431 g/mol. The SMILES string of the molecule is N#Cc1ccc(N2CCc3nc(-c4ccc(N5CCCCC5)nc4)sc3C2=O)cc1N. The maximum absolute atomic E-state index is 13.2. The Morgan fingerprint density at radius 3 is 2.65 bits per heavy atom. The van der Waals surface area contributed by atoms with Crippen molar-refractivity contribution >= 4 is 34.4 Å². The van der Waals surface area contributed by atoms with Crippen LogP contribution in [-0.2, 0) is 6.42 Å². The Kier molecular flexibility index (Phi) is 5.04.